The van der Waals surface area contributed by atoms with Gasteiger partial charge < -0.3 is 5.32 Å². The molecule has 16 heavy (non-hydrogen) atoms. The predicted molar refractivity (Wildman–Crippen MR) is 70.5 cm³/mol. The van der Waals surface area contributed by atoms with E-state index in [-0.39, 0.29) is 11.9 Å². The molecule has 0 saturated carbocycles. The summed E-state index contributed by atoms with van der Waals surface area (Å²) in [4.78, 5) is 1.18. The van der Waals surface area contributed by atoms with Gasteiger partial charge in [0.25, 0.3) is 0 Å². The van der Waals surface area contributed by atoms with E-state index in [4.69, 9.17) is 0 Å². The van der Waals surface area contributed by atoms with Gasteiger partial charge >= 0.3 is 0 Å². The summed E-state index contributed by atoms with van der Waals surface area (Å²) in [6.45, 7) is 2.02. The van der Waals surface area contributed by atoms with E-state index in [2.05, 4.69) is 21.2 Å². The Morgan fingerprint density at radius 1 is 1.38 bits per heavy atom. The third-order valence-corrected chi connectivity index (χ3v) is 4.14. The van der Waals surface area contributed by atoms with E-state index in [1.165, 1.54) is 10.9 Å². The van der Waals surface area contributed by atoms with Crippen molar-refractivity contribution in [2.24, 2.45) is 0 Å². The highest BCUT2D eigenvalue weighted by atomic mass is 79.9. The van der Waals surface area contributed by atoms with Crippen LogP contribution in [-0.4, -0.2) is 0 Å². The number of rotatable bonds is 3. The first-order chi connectivity index (χ1) is 7.66. The van der Waals surface area contributed by atoms with Crippen LogP contribution in [-0.2, 0) is 0 Å². The topological polar surface area (TPSA) is 12.0 Å². The minimum absolute atomic E-state index is 0.105. The van der Waals surface area contributed by atoms with Crippen molar-refractivity contribution < 1.29 is 4.39 Å². The zero-order valence-electron chi connectivity index (χ0n) is 8.71. The molecule has 0 aliphatic carbocycles. The number of para-hydroxylation sites is 1. The fraction of sp³-hybridized carbons (Fsp3) is 0.167. The van der Waals surface area contributed by atoms with Crippen LogP contribution in [0.1, 0.15) is 17.8 Å². The van der Waals surface area contributed by atoms with Gasteiger partial charge in [0.2, 0.25) is 0 Å². The van der Waals surface area contributed by atoms with Crippen molar-refractivity contribution in [2.75, 3.05) is 5.32 Å². The van der Waals surface area contributed by atoms with Crippen molar-refractivity contribution in [1.82, 2.24) is 0 Å². The van der Waals surface area contributed by atoms with Gasteiger partial charge in [-0.05, 0) is 41.1 Å². The maximum Gasteiger partial charge on any atom is 0.146 e. The lowest BCUT2D eigenvalue weighted by atomic mass is 10.2. The Kier molecular flexibility index (Phi) is 3.61. The first kappa shape index (κ1) is 11.6. The van der Waals surface area contributed by atoms with E-state index < -0.39 is 0 Å². The Morgan fingerprint density at radius 3 is 2.75 bits per heavy atom. The molecule has 1 heterocycles. The Labute approximate surface area is 106 Å². The van der Waals surface area contributed by atoms with Gasteiger partial charge in [0.1, 0.15) is 5.82 Å². The van der Waals surface area contributed by atoms with Crippen molar-refractivity contribution in [3.05, 3.63) is 50.9 Å². The molecular formula is C12H11BrFNS. The standard InChI is InChI=1S/C12H11BrFNS/c1-8(12-6-9(13)7-16-12)15-11-5-3-2-4-10(11)14/h2-8,15H,1H3. The predicted octanol–water partition coefficient (Wildman–Crippen LogP) is 4.82. The molecule has 1 N–H and O–H groups in total. The second-order valence-corrected chi connectivity index (χ2v) is 5.37. The van der Waals surface area contributed by atoms with E-state index in [1.54, 1.807) is 23.5 Å². The van der Waals surface area contributed by atoms with Crippen LogP contribution in [0.25, 0.3) is 0 Å². The zero-order valence-corrected chi connectivity index (χ0v) is 11.1. The van der Waals surface area contributed by atoms with Crippen molar-refractivity contribution in [3.63, 3.8) is 0 Å². The Bertz CT molecular complexity index is 483. The summed E-state index contributed by atoms with van der Waals surface area (Å²) in [5.74, 6) is -0.218. The van der Waals surface area contributed by atoms with Crippen LogP contribution in [0.5, 0.6) is 0 Å². The first-order valence-corrected chi connectivity index (χ1v) is 6.59. The van der Waals surface area contributed by atoms with Crippen molar-refractivity contribution in [3.8, 4) is 0 Å². The lowest BCUT2D eigenvalue weighted by Gasteiger charge is -2.13. The van der Waals surface area contributed by atoms with E-state index in [0.29, 0.717) is 5.69 Å². The SMILES string of the molecule is CC(Nc1ccccc1F)c1cc(Br)cs1. The van der Waals surface area contributed by atoms with Gasteiger partial charge in [-0.3, -0.25) is 0 Å². The average Bonchev–Trinajstić information content (AvgIpc) is 2.68. The van der Waals surface area contributed by atoms with E-state index in [9.17, 15) is 4.39 Å². The van der Waals surface area contributed by atoms with Crippen LogP contribution in [0.2, 0.25) is 0 Å². The number of halogens is 2. The van der Waals surface area contributed by atoms with Crippen molar-refractivity contribution in [2.45, 2.75) is 13.0 Å². The second kappa shape index (κ2) is 4.97. The monoisotopic (exact) mass is 299 g/mol. The largest absolute Gasteiger partial charge is 0.375 e. The summed E-state index contributed by atoms with van der Waals surface area (Å²) in [7, 11) is 0. The minimum atomic E-state index is -0.218. The van der Waals surface area contributed by atoms with Crippen LogP contribution >= 0.6 is 27.3 Å². The number of anilines is 1. The van der Waals surface area contributed by atoms with Crippen molar-refractivity contribution in [1.29, 1.82) is 0 Å². The first-order valence-electron chi connectivity index (χ1n) is 4.92. The maximum absolute atomic E-state index is 13.4. The molecule has 0 bridgehead atoms. The quantitative estimate of drug-likeness (QED) is 0.856. The fourth-order valence-corrected chi connectivity index (χ4v) is 2.89. The number of hydrogen-bond acceptors (Lipinski definition) is 2. The molecule has 0 amide bonds. The molecule has 1 aromatic heterocycles. The van der Waals surface area contributed by atoms with E-state index in [0.717, 1.165) is 4.47 Å². The van der Waals surface area contributed by atoms with E-state index >= 15 is 0 Å². The summed E-state index contributed by atoms with van der Waals surface area (Å²) in [6, 6.07) is 8.86. The van der Waals surface area contributed by atoms with Crippen molar-refractivity contribution >= 4 is 33.0 Å². The molecule has 2 aromatic rings. The molecule has 0 saturated heterocycles. The number of thiophene rings is 1. The number of benzene rings is 1. The normalized spacial score (nSPS) is 12.4. The lowest BCUT2D eigenvalue weighted by Crippen LogP contribution is -2.06. The molecule has 4 heteroatoms. The van der Waals surface area contributed by atoms with Gasteiger partial charge in [0.05, 0.1) is 11.7 Å². The van der Waals surface area contributed by atoms with Crippen LogP contribution < -0.4 is 5.32 Å². The van der Waals surface area contributed by atoms with Crippen LogP contribution in [0.4, 0.5) is 10.1 Å². The summed E-state index contributed by atoms with van der Waals surface area (Å²) in [6.07, 6.45) is 0. The molecule has 0 aliphatic rings. The highest BCUT2D eigenvalue weighted by Gasteiger charge is 2.09. The summed E-state index contributed by atoms with van der Waals surface area (Å²) in [5.41, 5.74) is 0.541. The summed E-state index contributed by atoms with van der Waals surface area (Å²) < 4.78 is 14.5. The fourth-order valence-electron chi connectivity index (χ4n) is 1.44. The highest BCUT2D eigenvalue weighted by molar-refractivity contribution is 9.10. The third-order valence-electron chi connectivity index (χ3n) is 2.26. The zero-order chi connectivity index (χ0) is 11.5. The molecule has 0 aliphatic heterocycles. The molecule has 1 unspecified atom stereocenters. The van der Waals surface area contributed by atoms with Crippen LogP contribution in [0, 0.1) is 5.82 Å². The van der Waals surface area contributed by atoms with Crippen LogP contribution in [0.3, 0.4) is 0 Å². The van der Waals surface area contributed by atoms with Gasteiger partial charge in [-0.15, -0.1) is 11.3 Å². The molecule has 0 spiro atoms. The van der Waals surface area contributed by atoms with Gasteiger partial charge in [-0.2, -0.15) is 0 Å². The number of hydrogen-bond donors (Lipinski definition) is 1. The molecule has 2 rings (SSSR count). The average molecular weight is 300 g/mol. The van der Waals surface area contributed by atoms with Crippen LogP contribution in [0.15, 0.2) is 40.2 Å². The summed E-state index contributed by atoms with van der Waals surface area (Å²) >= 11 is 5.06. The Morgan fingerprint density at radius 2 is 2.12 bits per heavy atom. The molecular weight excluding hydrogens is 289 g/mol. The molecule has 1 aromatic carbocycles. The molecule has 0 fully saturated rings. The summed E-state index contributed by atoms with van der Waals surface area (Å²) in [5, 5.41) is 5.18. The molecule has 1 nitrogen and oxygen atoms in total. The third kappa shape index (κ3) is 2.62. The minimum Gasteiger partial charge on any atom is -0.375 e. The maximum atomic E-state index is 13.4. The molecule has 1 atom stereocenters. The number of nitrogens with one attached hydrogen (secondary N) is 1. The van der Waals surface area contributed by atoms with Gasteiger partial charge in [-0.25, -0.2) is 4.39 Å². The van der Waals surface area contributed by atoms with Gasteiger partial charge in [0, 0.05) is 14.7 Å². The molecule has 84 valence electrons. The Balaban J connectivity index is 2.13. The Hall–Kier alpha value is -0.870. The second-order valence-electron chi connectivity index (χ2n) is 3.51. The smallest absolute Gasteiger partial charge is 0.146 e. The highest BCUT2D eigenvalue weighted by Crippen LogP contribution is 2.28. The van der Waals surface area contributed by atoms with E-state index in [1.807, 2.05) is 24.4 Å². The molecule has 0 radical (unpaired) electrons. The lowest BCUT2D eigenvalue weighted by molar-refractivity contribution is 0.628. The van der Waals surface area contributed by atoms with Gasteiger partial charge in [0.15, 0.2) is 0 Å². The van der Waals surface area contributed by atoms with Gasteiger partial charge in [-0.1, -0.05) is 12.1 Å².